The highest BCUT2D eigenvalue weighted by atomic mass is 35.5. The van der Waals surface area contributed by atoms with Crippen LogP contribution in [0.4, 0.5) is 0 Å². The highest BCUT2D eigenvalue weighted by molar-refractivity contribution is 8.05. The molecular formula is C15H9Cl2NOS. The lowest BCUT2D eigenvalue weighted by Gasteiger charge is -2.06. The fraction of sp³-hybridized carbons (Fsp3) is 0. The number of nitrogens with two attached hydrogens (primary N) is 1. The number of carbonyl (C=O) groups excluding carboxylic acids is 1. The summed E-state index contributed by atoms with van der Waals surface area (Å²) in [4.78, 5) is 13.8. The molecule has 2 aromatic rings. The van der Waals surface area contributed by atoms with Crippen molar-refractivity contribution in [2.45, 2.75) is 4.90 Å². The summed E-state index contributed by atoms with van der Waals surface area (Å²) in [6, 6.07) is 12.5. The Morgan fingerprint density at radius 3 is 2.60 bits per heavy atom. The van der Waals surface area contributed by atoms with Crippen LogP contribution in [0.25, 0.3) is 5.70 Å². The van der Waals surface area contributed by atoms with E-state index in [2.05, 4.69) is 0 Å². The summed E-state index contributed by atoms with van der Waals surface area (Å²) in [6.07, 6.45) is 0. The molecule has 0 saturated heterocycles. The molecule has 0 atom stereocenters. The first kappa shape index (κ1) is 13.6. The molecule has 5 heteroatoms. The van der Waals surface area contributed by atoms with Crippen LogP contribution in [-0.4, -0.2) is 5.78 Å². The average Bonchev–Trinajstić information content (AvgIpc) is 2.76. The summed E-state index contributed by atoms with van der Waals surface area (Å²) in [5.41, 5.74) is 7.79. The molecule has 1 aliphatic rings. The zero-order chi connectivity index (χ0) is 14.3. The quantitative estimate of drug-likeness (QED) is 0.780. The van der Waals surface area contributed by atoms with E-state index in [0.29, 0.717) is 31.8 Å². The Balaban J connectivity index is 2.12. The molecular weight excluding hydrogens is 313 g/mol. The lowest BCUT2D eigenvalue weighted by atomic mass is 10.1. The minimum absolute atomic E-state index is 0.107. The highest BCUT2D eigenvalue weighted by Gasteiger charge is 2.29. The van der Waals surface area contributed by atoms with Gasteiger partial charge in [0.25, 0.3) is 0 Å². The minimum Gasteiger partial charge on any atom is -0.397 e. The smallest absolute Gasteiger partial charge is 0.203 e. The van der Waals surface area contributed by atoms with E-state index < -0.39 is 0 Å². The molecule has 0 saturated carbocycles. The van der Waals surface area contributed by atoms with Gasteiger partial charge >= 0.3 is 0 Å². The van der Waals surface area contributed by atoms with E-state index in [1.807, 2.05) is 18.2 Å². The number of thioether (sulfide) groups is 1. The third-order valence-corrected chi connectivity index (χ3v) is 4.76. The number of benzene rings is 2. The standard InChI is InChI=1S/C15H9Cl2NOS/c16-8-5-6-12-10(7-8)14(19)15(20-12)13(18)9-3-1-2-4-11(9)17/h1-7H,18H2/b15-13+. The Kier molecular flexibility index (Phi) is 3.50. The van der Waals surface area contributed by atoms with E-state index in [4.69, 9.17) is 28.9 Å². The van der Waals surface area contributed by atoms with E-state index in [9.17, 15) is 4.79 Å². The predicted molar refractivity (Wildman–Crippen MR) is 84.2 cm³/mol. The summed E-state index contributed by atoms with van der Waals surface area (Å²) >= 11 is 13.4. The summed E-state index contributed by atoms with van der Waals surface area (Å²) in [7, 11) is 0. The lowest BCUT2D eigenvalue weighted by molar-refractivity contribution is 0.104. The Morgan fingerprint density at radius 2 is 1.85 bits per heavy atom. The van der Waals surface area contributed by atoms with E-state index in [-0.39, 0.29) is 5.78 Å². The second-order valence-corrected chi connectivity index (χ2v) is 6.19. The summed E-state index contributed by atoms with van der Waals surface area (Å²) in [5, 5.41) is 1.06. The topological polar surface area (TPSA) is 43.1 Å². The molecule has 3 rings (SSSR count). The van der Waals surface area contributed by atoms with Gasteiger partial charge in [0.2, 0.25) is 5.78 Å². The van der Waals surface area contributed by atoms with Gasteiger partial charge in [0.1, 0.15) is 0 Å². The molecule has 1 heterocycles. The molecule has 1 aliphatic heterocycles. The van der Waals surface area contributed by atoms with Crippen LogP contribution in [0.3, 0.4) is 0 Å². The van der Waals surface area contributed by atoms with Gasteiger partial charge in [-0.25, -0.2) is 0 Å². The lowest BCUT2D eigenvalue weighted by Crippen LogP contribution is -2.05. The number of carbonyl (C=O) groups is 1. The van der Waals surface area contributed by atoms with Crippen LogP contribution in [0.1, 0.15) is 15.9 Å². The Morgan fingerprint density at radius 1 is 1.10 bits per heavy atom. The maximum absolute atomic E-state index is 12.4. The van der Waals surface area contributed by atoms with E-state index in [1.54, 1.807) is 24.3 Å². The van der Waals surface area contributed by atoms with E-state index >= 15 is 0 Å². The molecule has 2 N–H and O–H groups in total. The molecule has 100 valence electrons. The van der Waals surface area contributed by atoms with Crippen LogP contribution in [0.5, 0.6) is 0 Å². The van der Waals surface area contributed by atoms with Crippen LogP contribution in [-0.2, 0) is 0 Å². The summed E-state index contributed by atoms with van der Waals surface area (Å²) in [6.45, 7) is 0. The van der Waals surface area contributed by atoms with Crippen molar-refractivity contribution in [3.05, 3.63) is 68.5 Å². The molecule has 0 aromatic heterocycles. The number of hydrogen-bond donors (Lipinski definition) is 1. The van der Waals surface area contributed by atoms with E-state index in [0.717, 1.165) is 4.90 Å². The number of Topliss-reactive ketones (excluding diaryl/α,β-unsaturated/α-hetero) is 1. The summed E-state index contributed by atoms with van der Waals surface area (Å²) in [5.74, 6) is -0.107. The third kappa shape index (κ3) is 2.22. The van der Waals surface area contributed by atoms with Gasteiger partial charge in [-0.1, -0.05) is 53.2 Å². The van der Waals surface area contributed by atoms with Gasteiger partial charge in [0, 0.05) is 26.1 Å². The normalized spacial score (nSPS) is 16.2. The first-order valence-electron chi connectivity index (χ1n) is 5.84. The first-order chi connectivity index (χ1) is 9.58. The molecule has 0 radical (unpaired) electrons. The van der Waals surface area contributed by atoms with Crippen molar-refractivity contribution >= 4 is 46.4 Å². The molecule has 20 heavy (non-hydrogen) atoms. The predicted octanol–water partition coefficient (Wildman–Crippen LogP) is 4.61. The zero-order valence-corrected chi connectivity index (χ0v) is 12.5. The van der Waals surface area contributed by atoms with Crippen LogP contribution in [0.2, 0.25) is 10.0 Å². The number of allylic oxidation sites excluding steroid dienone is 1. The van der Waals surface area contributed by atoms with Gasteiger partial charge < -0.3 is 5.73 Å². The fourth-order valence-electron chi connectivity index (χ4n) is 2.03. The maximum Gasteiger partial charge on any atom is 0.203 e. The van der Waals surface area contributed by atoms with Crippen molar-refractivity contribution in [2.75, 3.05) is 0 Å². The molecule has 0 unspecified atom stereocenters. The van der Waals surface area contributed by atoms with Crippen LogP contribution >= 0.6 is 35.0 Å². The van der Waals surface area contributed by atoms with Crippen molar-refractivity contribution in [3.63, 3.8) is 0 Å². The zero-order valence-electron chi connectivity index (χ0n) is 10.2. The van der Waals surface area contributed by atoms with Gasteiger partial charge in [0.05, 0.1) is 10.6 Å². The second kappa shape index (κ2) is 5.17. The maximum atomic E-state index is 12.4. The Hall–Kier alpha value is -1.42. The monoisotopic (exact) mass is 321 g/mol. The van der Waals surface area contributed by atoms with Gasteiger partial charge in [-0.05, 0) is 24.3 Å². The molecule has 0 aliphatic carbocycles. The minimum atomic E-state index is -0.107. The van der Waals surface area contributed by atoms with Crippen molar-refractivity contribution in [1.29, 1.82) is 0 Å². The number of halogens is 2. The summed E-state index contributed by atoms with van der Waals surface area (Å²) < 4.78 is 0. The van der Waals surface area contributed by atoms with Crippen molar-refractivity contribution in [3.8, 4) is 0 Å². The third-order valence-electron chi connectivity index (χ3n) is 3.01. The molecule has 0 spiro atoms. The van der Waals surface area contributed by atoms with Crippen molar-refractivity contribution in [1.82, 2.24) is 0 Å². The van der Waals surface area contributed by atoms with Crippen LogP contribution < -0.4 is 5.73 Å². The molecule has 2 nitrogen and oxygen atoms in total. The van der Waals surface area contributed by atoms with Gasteiger partial charge in [-0.3, -0.25) is 4.79 Å². The second-order valence-electron chi connectivity index (χ2n) is 4.29. The first-order valence-corrected chi connectivity index (χ1v) is 7.42. The highest BCUT2D eigenvalue weighted by Crippen LogP contribution is 2.43. The van der Waals surface area contributed by atoms with Gasteiger partial charge in [0.15, 0.2) is 0 Å². The van der Waals surface area contributed by atoms with Gasteiger partial charge in [-0.15, -0.1) is 0 Å². The van der Waals surface area contributed by atoms with E-state index in [1.165, 1.54) is 11.8 Å². The molecule has 0 amide bonds. The van der Waals surface area contributed by atoms with Crippen LogP contribution in [0, 0.1) is 0 Å². The van der Waals surface area contributed by atoms with Crippen molar-refractivity contribution in [2.24, 2.45) is 5.73 Å². The molecule has 0 fully saturated rings. The largest absolute Gasteiger partial charge is 0.397 e. The number of hydrogen-bond acceptors (Lipinski definition) is 3. The van der Waals surface area contributed by atoms with Gasteiger partial charge in [-0.2, -0.15) is 0 Å². The Labute approximate surface area is 130 Å². The molecule has 2 aromatic carbocycles. The number of ketones is 1. The SMILES string of the molecule is N/C(=C1/Sc2ccc(Cl)cc2C1=O)c1ccccc1Cl. The Bertz CT molecular complexity index is 755. The number of fused-ring (bicyclic) bond motifs is 1. The number of rotatable bonds is 1. The molecule has 0 bridgehead atoms. The average molecular weight is 322 g/mol. The fourth-order valence-corrected chi connectivity index (χ4v) is 3.48. The van der Waals surface area contributed by atoms with Crippen molar-refractivity contribution < 1.29 is 4.79 Å². The van der Waals surface area contributed by atoms with Crippen LogP contribution in [0.15, 0.2) is 52.3 Å².